The zero-order chi connectivity index (χ0) is 14.6. The Morgan fingerprint density at radius 2 is 1.95 bits per heavy atom. The van der Waals surface area contributed by atoms with Gasteiger partial charge in [-0.05, 0) is 24.6 Å². The summed E-state index contributed by atoms with van der Waals surface area (Å²) in [6, 6.07) is 6.51. The zero-order valence-corrected chi connectivity index (χ0v) is 11.0. The fraction of sp³-hybridized carbons (Fsp3) is 0.500. The smallest absolute Gasteiger partial charge is 0.315 e. The van der Waals surface area contributed by atoms with Gasteiger partial charge in [-0.2, -0.15) is 18.4 Å². The second-order valence-corrected chi connectivity index (χ2v) is 4.76. The monoisotopic (exact) mass is 283 g/mol. The third-order valence-corrected chi connectivity index (χ3v) is 3.42. The van der Waals surface area contributed by atoms with E-state index in [2.05, 4.69) is 5.32 Å². The number of hydrogen-bond acceptors (Lipinski definition) is 3. The van der Waals surface area contributed by atoms with E-state index in [4.69, 9.17) is 0 Å². The lowest BCUT2D eigenvalue weighted by molar-refractivity contribution is -0.138. The average Bonchev–Trinajstić information content (AvgIpc) is 2.68. The van der Waals surface area contributed by atoms with E-state index < -0.39 is 17.8 Å². The zero-order valence-electron chi connectivity index (χ0n) is 11.0. The number of alkyl halides is 3. The molecule has 0 saturated carbocycles. The lowest BCUT2D eigenvalue weighted by atomic mass is 9.99. The lowest BCUT2D eigenvalue weighted by Gasteiger charge is -2.27. The summed E-state index contributed by atoms with van der Waals surface area (Å²) < 4.78 is 39.2. The maximum absolute atomic E-state index is 13.1. The number of nitriles is 1. The minimum absolute atomic E-state index is 0.0457. The highest BCUT2D eigenvalue weighted by Crippen LogP contribution is 2.36. The van der Waals surface area contributed by atoms with Crippen molar-refractivity contribution in [2.75, 3.05) is 26.2 Å². The lowest BCUT2D eigenvalue weighted by Crippen LogP contribution is -2.32. The van der Waals surface area contributed by atoms with Gasteiger partial charge in [0.05, 0.1) is 11.6 Å². The van der Waals surface area contributed by atoms with Gasteiger partial charge in [-0.3, -0.25) is 4.90 Å². The molecule has 1 N–H and O–H groups in total. The number of nitrogens with zero attached hydrogens (tertiary/aromatic N) is 2. The number of nitrogens with one attached hydrogen (secondary N) is 1. The Bertz CT molecular complexity index is 485. The van der Waals surface area contributed by atoms with Gasteiger partial charge < -0.3 is 5.32 Å². The van der Waals surface area contributed by atoms with Crippen molar-refractivity contribution in [3.63, 3.8) is 0 Å². The molecule has 2 rings (SSSR count). The van der Waals surface area contributed by atoms with Crippen LogP contribution in [-0.4, -0.2) is 31.1 Å². The van der Waals surface area contributed by atoms with Crippen LogP contribution in [0.5, 0.6) is 0 Å². The first-order chi connectivity index (χ1) is 9.54. The summed E-state index contributed by atoms with van der Waals surface area (Å²) in [7, 11) is 0. The molecule has 0 radical (unpaired) electrons. The van der Waals surface area contributed by atoms with E-state index in [1.54, 1.807) is 6.07 Å². The van der Waals surface area contributed by atoms with Crippen molar-refractivity contribution in [1.82, 2.24) is 10.2 Å². The third kappa shape index (κ3) is 3.30. The fourth-order valence-electron chi connectivity index (χ4n) is 2.47. The van der Waals surface area contributed by atoms with E-state index in [-0.39, 0.29) is 5.56 Å². The standard InChI is InChI=1S/C14H16F3N3/c15-14(16,17)12-5-2-1-4-11(12)13(10-18)20-8-3-6-19-7-9-20/h1-2,4-5,13,19H,3,6-9H2. The molecule has 0 aliphatic carbocycles. The summed E-state index contributed by atoms with van der Waals surface area (Å²) >= 11 is 0. The molecule has 3 nitrogen and oxygen atoms in total. The Labute approximate surface area is 116 Å². The van der Waals surface area contributed by atoms with Crippen molar-refractivity contribution in [2.24, 2.45) is 0 Å². The van der Waals surface area contributed by atoms with Crippen molar-refractivity contribution >= 4 is 0 Å². The van der Waals surface area contributed by atoms with Gasteiger partial charge in [-0.15, -0.1) is 0 Å². The largest absolute Gasteiger partial charge is 0.416 e. The third-order valence-electron chi connectivity index (χ3n) is 3.42. The van der Waals surface area contributed by atoms with Crippen LogP contribution in [0.1, 0.15) is 23.6 Å². The van der Waals surface area contributed by atoms with Gasteiger partial charge in [0.15, 0.2) is 0 Å². The Balaban J connectivity index is 2.34. The Kier molecular flexibility index (Phi) is 4.63. The van der Waals surface area contributed by atoms with Crippen molar-refractivity contribution < 1.29 is 13.2 Å². The molecule has 1 fully saturated rings. The van der Waals surface area contributed by atoms with E-state index in [9.17, 15) is 18.4 Å². The van der Waals surface area contributed by atoms with Crippen molar-refractivity contribution in [3.05, 3.63) is 35.4 Å². The first-order valence-electron chi connectivity index (χ1n) is 6.54. The molecular formula is C14H16F3N3. The number of benzene rings is 1. The van der Waals surface area contributed by atoms with Crippen LogP contribution in [-0.2, 0) is 6.18 Å². The molecule has 0 spiro atoms. The minimum Gasteiger partial charge on any atom is -0.315 e. The Hall–Kier alpha value is -1.58. The fourth-order valence-corrected chi connectivity index (χ4v) is 2.47. The summed E-state index contributed by atoms with van der Waals surface area (Å²) in [5, 5.41) is 12.5. The van der Waals surface area contributed by atoms with Crippen LogP contribution in [0, 0.1) is 11.3 Å². The molecule has 1 aliphatic heterocycles. The molecular weight excluding hydrogens is 267 g/mol. The normalized spacial score (nSPS) is 19.1. The first kappa shape index (κ1) is 14.8. The summed E-state index contributed by atoms with van der Waals surface area (Å²) in [4.78, 5) is 1.81. The van der Waals surface area contributed by atoms with Crippen molar-refractivity contribution in [3.8, 4) is 6.07 Å². The molecule has 6 heteroatoms. The first-order valence-corrected chi connectivity index (χ1v) is 6.54. The second-order valence-electron chi connectivity index (χ2n) is 4.76. The molecule has 1 aliphatic rings. The van der Waals surface area contributed by atoms with E-state index in [0.29, 0.717) is 19.6 Å². The Morgan fingerprint density at radius 3 is 2.65 bits per heavy atom. The molecule has 0 amide bonds. The van der Waals surface area contributed by atoms with Gasteiger partial charge in [0, 0.05) is 19.6 Å². The second kappa shape index (κ2) is 6.25. The predicted molar refractivity (Wildman–Crippen MR) is 68.9 cm³/mol. The molecule has 1 atom stereocenters. The van der Waals surface area contributed by atoms with E-state index in [1.165, 1.54) is 12.1 Å². The number of hydrogen-bond donors (Lipinski definition) is 1. The molecule has 0 bridgehead atoms. The van der Waals surface area contributed by atoms with Crippen LogP contribution in [0.25, 0.3) is 0 Å². The summed E-state index contributed by atoms with van der Waals surface area (Å²) in [6.07, 6.45) is -3.61. The molecule has 108 valence electrons. The van der Waals surface area contributed by atoms with Crippen LogP contribution < -0.4 is 5.32 Å². The maximum atomic E-state index is 13.1. The summed E-state index contributed by atoms with van der Waals surface area (Å²) in [6.45, 7) is 2.71. The van der Waals surface area contributed by atoms with Crippen LogP contribution >= 0.6 is 0 Å². The van der Waals surface area contributed by atoms with Crippen LogP contribution in [0.3, 0.4) is 0 Å². The van der Waals surface area contributed by atoms with Crippen LogP contribution in [0.2, 0.25) is 0 Å². The van der Waals surface area contributed by atoms with Crippen LogP contribution in [0.4, 0.5) is 13.2 Å². The topological polar surface area (TPSA) is 39.1 Å². The summed E-state index contributed by atoms with van der Waals surface area (Å²) in [5.41, 5.74) is -0.673. The predicted octanol–water partition coefficient (Wildman–Crippen LogP) is 2.57. The molecule has 1 aromatic rings. The number of halogens is 3. The van der Waals surface area contributed by atoms with E-state index in [0.717, 1.165) is 19.0 Å². The minimum atomic E-state index is -4.43. The molecule has 1 heterocycles. The van der Waals surface area contributed by atoms with Gasteiger partial charge in [-0.25, -0.2) is 0 Å². The molecule has 1 unspecified atom stereocenters. The average molecular weight is 283 g/mol. The molecule has 20 heavy (non-hydrogen) atoms. The molecule has 0 aromatic heterocycles. The highest BCUT2D eigenvalue weighted by Gasteiger charge is 2.36. The van der Waals surface area contributed by atoms with E-state index >= 15 is 0 Å². The van der Waals surface area contributed by atoms with Gasteiger partial charge in [0.1, 0.15) is 6.04 Å². The van der Waals surface area contributed by atoms with Gasteiger partial charge in [0.25, 0.3) is 0 Å². The quantitative estimate of drug-likeness (QED) is 0.906. The summed E-state index contributed by atoms with van der Waals surface area (Å²) in [5.74, 6) is 0. The van der Waals surface area contributed by atoms with Gasteiger partial charge in [-0.1, -0.05) is 18.2 Å². The SMILES string of the molecule is N#CC(c1ccccc1C(F)(F)F)N1CCCNCC1. The van der Waals surface area contributed by atoms with Crippen LogP contribution in [0.15, 0.2) is 24.3 Å². The highest BCUT2D eigenvalue weighted by molar-refractivity contribution is 5.35. The number of rotatable bonds is 2. The highest BCUT2D eigenvalue weighted by atomic mass is 19.4. The van der Waals surface area contributed by atoms with E-state index in [1.807, 2.05) is 11.0 Å². The van der Waals surface area contributed by atoms with Gasteiger partial charge in [0.2, 0.25) is 0 Å². The van der Waals surface area contributed by atoms with Crippen molar-refractivity contribution in [1.29, 1.82) is 5.26 Å². The molecule has 1 saturated heterocycles. The molecule has 1 aromatic carbocycles. The van der Waals surface area contributed by atoms with Crippen molar-refractivity contribution in [2.45, 2.75) is 18.6 Å². The Morgan fingerprint density at radius 1 is 1.20 bits per heavy atom. The maximum Gasteiger partial charge on any atom is 0.416 e. The van der Waals surface area contributed by atoms with Gasteiger partial charge >= 0.3 is 6.18 Å².